The van der Waals surface area contributed by atoms with Gasteiger partial charge in [-0.05, 0) is 84.4 Å². The Morgan fingerprint density at radius 2 is 1.19 bits per heavy atom. The number of aryl methyl sites for hydroxylation is 1. The largest absolute Gasteiger partial charge is 0.300 e. The van der Waals surface area contributed by atoms with Crippen molar-refractivity contribution < 1.29 is 19.2 Å². The van der Waals surface area contributed by atoms with E-state index in [2.05, 4.69) is 25.1 Å². The molecule has 0 N–H and O–H groups in total. The summed E-state index contributed by atoms with van der Waals surface area (Å²) >= 11 is 0. The van der Waals surface area contributed by atoms with E-state index >= 15 is 0 Å². The predicted molar refractivity (Wildman–Crippen MR) is 129 cm³/mol. The van der Waals surface area contributed by atoms with E-state index in [9.17, 15) is 19.2 Å². The fourth-order valence-corrected chi connectivity index (χ4v) is 3.54. The fourth-order valence-electron chi connectivity index (χ4n) is 3.54. The van der Waals surface area contributed by atoms with Crippen LogP contribution in [0.2, 0.25) is 0 Å². The number of ketones is 4. The molecular formula is C28H36O4. The van der Waals surface area contributed by atoms with Crippen molar-refractivity contribution in [2.75, 3.05) is 0 Å². The van der Waals surface area contributed by atoms with Gasteiger partial charge in [0, 0.05) is 5.92 Å². The highest BCUT2D eigenvalue weighted by molar-refractivity contribution is 6.04. The van der Waals surface area contributed by atoms with Crippen LogP contribution < -0.4 is 0 Å². The molecule has 2 aromatic carbocycles. The van der Waals surface area contributed by atoms with E-state index in [4.69, 9.17) is 0 Å². The van der Waals surface area contributed by atoms with Crippen molar-refractivity contribution >= 4 is 23.1 Å². The van der Waals surface area contributed by atoms with Crippen LogP contribution in [0.4, 0.5) is 0 Å². The van der Waals surface area contributed by atoms with Crippen LogP contribution in [0.15, 0.2) is 48.5 Å². The van der Waals surface area contributed by atoms with Crippen LogP contribution in [0, 0.1) is 18.3 Å². The first-order valence-corrected chi connectivity index (χ1v) is 11.0. The van der Waals surface area contributed by atoms with Crippen molar-refractivity contribution in [3.8, 4) is 0 Å². The normalized spacial score (nSPS) is 11.7. The second kappa shape index (κ2) is 12.2. The van der Waals surface area contributed by atoms with Gasteiger partial charge in [-0.25, -0.2) is 0 Å². The Kier molecular flexibility index (Phi) is 10.4. The minimum Gasteiger partial charge on any atom is -0.300 e. The van der Waals surface area contributed by atoms with Gasteiger partial charge in [0.05, 0.1) is 5.41 Å². The molecule has 0 amide bonds. The maximum Gasteiger partial charge on any atom is 0.143 e. The van der Waals surface area contributed by atoms with Crippen LogP contribution in [0.5, 0.6) is 0 Å². The smallest absolute Gasteiger partial charge is 0.143 e. The quantitative estimate of drug-likeness (QED) is 0.500. The van der Waals surface area contributed by atoms with Crippen molar-refractivity contribution in [2.24, 2.45) is 11.3 Å². The van der Waals surface area contributed by atoms with Crippen LogP contribution in [0.25, 0.3) is 0 Å². The summed E-state index contributed by atoms with van der Waals surface area (Å²) in [5, 5.41) is 0. The molecule has 2 rings (SSSR count). The summed E-state index contributed by atoms with van der Waals surface area (Å²) in [5.74, 6) is 0.00573. The molecule has 0 aliphatic rings. The molecule has 1 unspecified atom stereocenters. The number of hydrogen-bond donors (Lipinski definition) is 0. The highest BCUT2D eigenvalue weighted by Gasteiger charge is 2.35. The van der Waals surface area contributed by atoms with Gasteiger partial charge in [0.2, 0.25) is 0 Å². The van der Waals surface area contributed by atoms with Gasteiger partial charge < -0.3 is 4.79 Å². The highest BCUT2D eigenvalue weighted by atomic mass is 16.2. The Bertz CT molecular complexity index is 953. The number of benzene rings is 2. The van der Waals surface area contributed by atoms with Gasteiger partial charge >= 0.3 is 0 Å². The number of hydrogen-bond acceptors (Lipinski definition) is 4. The maximum absolute atomic E-state index is 12.2. The van der Waals surface area contributed by atoms with E-state index in [1.54, 1.807) is 13.8 Å². The zero-order chi connectivity index (χ0) is 24.5. The summed E-state index contributed by atoms with van der Waals surface area (Å²) in [6.45, 7) is 11.4. The van der Waals surface area contributed by atoms with Crippen LogP contribution in [0.3, 0.4) is 0 Å². The third-order valence-electron chi connectivity index (χ3n) is 5.72. The van der Waals surface area contributed by atoms with E-state index in [1.807, 2.05) is 30.3 Å². The standard InChI is InChI=1S/C25H30O3.C3H6O/c1-17-8-6-9-21(12-17)14-24(18(2)26)15-22-10-7-11-23(13-22)16-25(5,19(3)27)20(4)28;1-3(2)4/h6-13,24H,14-16H2,1-5H3;1-2H3. The monoisotopic (exact) mass is 436 g/mol. The first kappa shape index (κ1) is 27.2. The summed E-state index contributed by atoms with van der Waals surface area (Å²) in [4.78, 5) is 45.7. The molecule has 0 aliphatic heterocycles. The SMILES string of the molecule is CC(=O)C(Cc1cccc(C)c1)Cc1cccc(CC(C)(C(C)=O)C(C)=O)c1.CC(C)=O. The maximum atomic E-state index is 12.2. The lowest BCUT2D eigenvalue weighted by Crippen LogP contribution is -2.35. The lowest BCUT2D eigenvalue weighted by molar-refractivity contribution is -0.137. The van der Waals surface area contributed by atoms with Crippen molar-refractivity contribution in [1.29, 1.82) is 0 Å². The Morgan fingerprint density at radius 3 is 1.62 bits per heavy atom. The van der Waals surface area contributed by atoms with E-state index < -0.39 is 5.41 Å². The summed E-state index contributed by atoms with van der Waals surface area (Å²) in [6.07, 6.45) is 1.74. The molecule has 0 aliphatic carbocycles. The fraction of sp³-hybridized carbons (Fsp3) is 0.429. The van der Waals surface area contributed by atoms with Crippen molar-refractivity contribution in [3.63, 3.8) is 0 Å². The van der Waals surface area contributed by atoms with E-state index in [0.717, 1.165) is 16.7 Å². The summed E-state index contributed by atoms with van der Waals surface area (Å²) in [6, 6.07) is 16.2. The molecule has 0 spiro atoms. The lowest BCUT2D eigenvalue weighted by atomic mass is 9.76. The molecule has 0 saturated carbocycles. The third-order valence-corrected chi connectivity index (χ3v) is 5.72. The first-order chi connectivity index (χ1) is 14.8. The molecule has 0 fully saturated rings. The molecule has 172 valence electrons. The molecule has 0 saturated heterocycles. The second-order valence-corrected chi connectivity index (χ2v) is 9.05. The van der Waals surface area contributed by atoms with E-state index in [0.29, 0.717) is 19.3 Å². The number of rotatable bonds is 9. The second-order valence-electron chi connectivity index (χ2n) is 9.05. The van der Waals surface area contributed by atoms with Gasteiger partial charge in [0.1, 0.15) is 23.1 Å². The van der Waals surface area contributed by atoms with Crippen LogP contribution in [-0.4, -0.2) is 23.1 Å². The van der Waals surface area contributed by atoms with Crippen molar-refractivity contribution in [2.45, 2.75) is 67.7 Å². The van der Waals surface area contributed by atoms with Crippen molar-refractivity contribution in [3.05, 3.63) is 70.8 Å². The summed E-state index contributed by atoms with van der Waals surface area (Å²) < 4.78 is 0. The molecule has 32 heavy (non-hydrogen) atoms. The predicted octanol–water partition coefficient (Wildman–Crippen LogP) is 5.31. The van der Waals surface area contributed by atoms with Gasteiger partial charge in [-0.15, -0.1) is 0 Å². The zero-order valence-electron chi connectivity index (χ0n) is 20.5. The Morgan fingerprint density at radius 1 is 0.750 bits per heavy atom. The first-order valence-electron chi connectivity index (χ1n) is 11.0. The average molecular weight is 437 g/mol. The van der Waals surface area contributed by atoms with Crippen LogP contribution >= 0.6 is 0 Å². The molecule has 2 aromatic rings. The average Bonchev–Trinajstić information content (AvgIpc) is 2.67. The highest BCUT2D eigenvalue weighted by Crippen LogP contribution is 2.26. The molecule has 0 heterocycles. The van der Waals surface area contributed by atoms with Gasteiger partial charge in [-0.2, -0.15) is 0 Å². The van der Waals surface area contributed by atoms with Gasteiger partial charge in [-0.3, -0.25) is 14.4 Å². The number of Topliss-reactive ketones (excluding diaryl/α,β-unsaturated/α-hetero) is 4. The summed E-state index contributed by atoms with van der Waals surface area (Å²) in [7, 11) is 0. The molecule has 4 nitrogen and oxygen atoms in total. The number of carbonyl (C=O) groups is 4. The van der Waals surface area contributed by atoms with Crippen molar-refractivity contribution in [1.82, 2.24) is 0 Å². The van der Waals surface area contributed by atoms with E-state index in [-0.39, 0.29) is 29.1 Å². The minimum atomic E-state index is -1.000. The van der Waals surface area contributed by atoms with Gasteiger partial charge in [0.15, 0.2) is 0 Å². The molecule has 0 radical (unpaired) electrons. The Labute approximate surface area is 192 Å². The third kappa shape index (κ3) is 8.70. The zero-order valence-corrected chi connectivity index (χ0v) is 20.5. The summed E-state index contributed by atoms with van der Waals surface area (Å²) in [5.41, 5.74) is 3.36. The molecule has 4 heteroatoms. The van der Waals surface area contributed by atoms with Crippen LogP contribution in [0.1, 0.15) is 63.8 Å². The van der Waals surface area contributed by atoms with Crippen LogP contribution in [-0.2, 0) is 38.4 Å². The van der Waals surface area contributed by atoms with Gasteiger partial charge in [0.25, 0.3) is 0 Å². The molecule has 0 aromatic heterocycles. The van der Waals surface area contributed by atoms with E-state index in [1.165, 1.54) is 33.3 Å². The van der Waals surface area contributed by atoms with Gasteiger partial charge in [-0.1, -0.05) is 54.1 Å². The lowest BCUT2D eigenvalue weighted by Gasteiger charge is -2.24. The number of carbonyl (C=O) groups excluding carboxylic acids is 4. The molecular weight excluding hydrogens is 400 g/mol. The topological polar surface area (TPSA) is 68.3 Å². The molecule has 0 bridgehead atoms. The minimum absolute atomic E-state index is 0.0935. The Balaban J connectivity index is 0.00000118. The molecule has 1 atom stereocenters. The Hall–Kier alpha value is -2.88.